The van der Waals surface area contributed by atoms with Gasteiger partial charge in [-0.1, -0.05) is 37.8 Å². The smallest absolute Gasteiger partial charge is 0.0328 e. The SMILES string of the molecule is C=CCN/C(=C\C/C=C/CNCCSCC)C(=C)C. The summed E-state index contributed by atoms with van der Waals surface area (Å²) in [5.41, 5.74) is 2.17. The summed E-state index contributed by atoms with van der Waals surface area (Å²) >= 11 is 1.97. The maximum Gasteiger partial charge on any atom is 0.0328 e. The van der Waals surface area contributed by atoms with E-state index in [1.165, 1.54) is 11.5 Å². The highest BCUT2D eigenvalue weighted by Gasteiger charge is 1.93. The summed E-state index contributed by atoms with van der Waals surface area (Å²) in [7, 11) is 0. The van der Waals surface area contributed by atoms with Gasteiger partial charge in [-0.25, -0.2) is 0 Å². The van der Waals surface area contributed by atoms with E-state index >= 15 is 0 Å². The topological polar surface area (TPSA) is 24.1 Å². The average Bonchev–Trinajstić information content (AvgIpc) is 2.39. The normalized spacial score (nSPS) is 11.8. The first-order valence-corrected chi connectivity index (χ1v) is 8.02. The Balaban J connectivity index is 3.77. The van der Waals surface area contributed by atoms with Crippen LogP contribution in [0.15, 0.2) is 48.7 Å². The fourth-order valence-electron chi connectivity index (χ4n) is 1.42. The van der Waals surface area contributed by atoms with Crippen LogP contribution in [0.25, 0.3) is 0 Å². The molecule has 2 nitrogen and oxygen atoms in total. The zero-order valence-corrected chi connectivity index (χ0v) is 13.2. The summed E-state index contributed by atoms with van der Waals surface area (Å²) < 4.78 is 0. The van der Waals surface area contributed by atoms with Crippen LogP contribution in [0.5, 0.6) is 0 Å². The third-order valence-electron chi connectivity index (χ3n) is 2.41. The minimum Gasteiger partial charge on any atom is -0.382 e. The van der Waals surface area contributed by atoms with Crippen LogP contribution in [0.4, 0.5) is 0 Å². The van der Waals surface area contributed by atoms with Crippen molar-refractivity contribution in [1.82, 2.24) is 10.6 Å². The Hall–Kier alpha value is -0.930. The van der Waals surface area contributed by atoms with Crippen LogP contribution in [-0.2, 0) is 0 Å². The number of allylic oxidation sites excluding steroid dienone is 3. The van der Waals surface area contributed by atoms with E-state index in [1.54, 1.807) is 0 Å². The van der Waals surface area contributed by atoms with Crippen molar-refractivity contribution in [2.75, 3.05) is 31.1 Å². The standard InChI is InChI=1S/C16H28N2S/c1-5-11-18-16(15(3)4)10-8-7-9-12-17-13-14-19-6-2/h5,7,9-10,17-18H,1,3,6,8,11-14H2,2,4H3/b9-7+,16-10-. The Morgan fingerprint density at radius 3 is 2.68 bits per heavy atom. The first kappa shape index (κ1) is 18.1. The Morgan fingerprint density at radius 1 is 1.26 bits per heavy atom. The molecule has 0 saturated heterocycles. The lowest BCUT2D eigenvalue weighted by Crippen LogP contribution is -2.16. The molecule has 108 valence electrons. The Bertz CT molecular complexity index is 306. The van der Waals surface area contributed by atoms with E-state index in [-0.39, 0.29) is 0 Å². The molecule has 0 heterocycles. The van der Waals surface area contributed by atoms with Crippen molar-refractivity contribution in [3.8, 4) is 0 Å². The Labute approximate surface area is 123 Å². The van der Waals surface area contributed by atoms with Gasteiger partial charge < -0.3 is 10.6 Å². The van der Waals surface area contributed by atoms with E-state index in [9.17, 15) is 0 Å². The van der Waals surface area contributed by atoms with Gasteiger partial charge in [0.2, 0.25) is 0 Å². The Morgan fingerprint density at radius 2 is 2.05 bits per heavy atom. The highest BCUT2D eigenvalue weighted by Crippen LogP contribution is 2.04. The maximum atomic E-state index is 3.96. The predicted octanol–water partition coefficient (Wildman–Crippen LogP) is 3.51. The van der Waals surface area contributed by atoms with Crippen molar-refractivity contribution in [2.24, 2.45) is 0 Å². The van der Waals surface area contributed by atoms with Gasteiger partial charge in [-0.2, -0.15) is 11.8 Å². The second kappa shape index (κ2) is 13.5. The molecular weight excluding hydrogens is 252 g/mol. The molecule has 0 aromatic heterocycles. The second-order valence-electron chi connectivity index (χ2n) is 4.18. The van der Waals surface area contributed by atoms with E-state index in [0.29, 0.717) is 0 Å². The first-order valence-electron chi connectivity index (χ1n) is 6.86. The summed E-state index contributed by atoms with van der Waals surface area (Å²) in [4.78, 5) is 0. The fraction of sp³-hybridized carbons (Fsp3) is 0.500. The molecule has 0 aliphatic heterocycles. The molecule has 0 aliphatic carbocycles. The second-order valence-corrected chi connectivity index (χ2v) is 5.57. The molecule has 0 fully saturated rings. The third kappa shape index (κ3) is 11.9. The molecule has 0 saturated carbocycles. The molecule has 3 heteroatoms. The zero-order chi connectivity index (χ0) is 14.3. The number of rotatable bonds is 12. The number of hydrogen-bond donors (Lipinski definition) is 2. The molecule has 2 N–H and O–H groups in total. The van der Waals surface area contributed by atoms with Crippen molar-refractivity contribution < 1.29 is 0 Å². The van der Waals surface area contributed by atoms with Gasteiger partial charge in [0.1, 0.15) is 0 Å². The van der Waals surface area contributed by atoms with Gasteiger partial charge in [-0.05, 0) is 24.7 Å². The van der Waals surface area contributed by atoms with Crippen molar-refractivity contribution >= 4 is 11.8 Å². The van der Waals surface area contributed by atoms with E-state index in [1.807, 2.05) is 24.8 Å². The van der Waals surface area contributed by atoms with Gasteiger partial charge in [0.05, 0.1) is 0 Å². The molecule has 0 rings (SSSR count). The van der Waals surface area contributed by atoms with Crippen molar-refractivity contribution in [3.05, 3.63) is 48.7 Å². The molecule has 0 bridgehead atoms. The lowest BCUT2D eigenvalue weighted by atomic mass is 10.2. The fourth-order valence-corrected chi connectivity index (χ4v) is 2.00. The summed E-state index contributed by atoms with van der Waals surface area (Å²) in [5, 5.41) is 6.68. The minimum atomic E-state index is 0.777. The summed E-state index contributed by atoms with van der Waals surface area (Å²) in [6.07, 6.45) is 9.30. The van der Waals surface area contributed by atoms with Gasteiger partial charge >= 0.3 is 0 Å². The van der Waals surface area contributed by atoms with Gasteiger partial charge in [0.15, 0.2) is 0 Å². The quantitative estimate of drug-likeness (QED) is 0.325. The summed E-state index contributed by atoms with van der Waals surface area (Å²) in [5.74, 6) is 2.39. The average molecular weight is 280 g/mol. The highest BCUT2D eigenvalue weighted by atomic mass is 32.2. The van der Waals surface area contributed by atoms with E-state index in [4.69, 9.17) is 0 Å². The number of thioether (sulfide) groups is 1. The van der Waals surface area contributed by atoms with Crippen molar-refractivity contribution in [1.29, 1.82) is 0 Å². The van der Waals surface area contributed by atoms with Crippen LogP contribution >= 0.6 is 11.8 Å². The molecule has 0 aromatic carbocycles. The van der Waals surface area contributed by atoms with Crippen LogP contribution in [0.3, 0.4) is 0 Å². The molecule has 0 spiro atoms. The van der Waals surface area contributed by atoms with Crippen molar-refractivity contribution in [2.45, 2.75) is 20.3 Å². The molecule has 0 unspecified atom stereocenters. The molecule has 0 atom stereocenters. The van der Waals surface area contributed by atoms with Crippen LogP contribution in [-0.4, -0.2) is 31.1 Å². The monoisotopic (exact) mass is 280 g/mol. The zero-order valence-electron chi connectivity index (χ0n) is 12.4. The van der Waals surface area contributed by atoms with E-state index in [2.05, 4.69) is 48.9 Å². The first-order chi connectivity index (χ1) is 9.22. The summed E-state index contributed by atoms with van der Waals surface area (Å²) in [6, 6.07) is 0. The molecule has 0 aliphatic rings. The van der Waals surface area contributed by atoms with Gasteiger partial charge in [0.25, 0.3) is 0 Å². The van der Waals surface area contributed by atoms with Crippen LogP contribution in [0.2, 0.25) is 0 Å². The molecule has 19 heavy (non-hydrogen) atoms. The molecular formula is C16H28N2S. The molecule has 0 amide bonds. The highest BCUT2D eigenvalue weighted by molar-refractivity contribution is 7.99. The third-order valence-corrected chi connectivity index (χ3v) is 3.31. The van der Waals surface area contributed by atoms with Crippen LogP contribution < -0.4 is 10.6 Å². The van der Waals surface area contributed by atoms with Gasteiger partial charge in [0, 0.05) is 31.1 Å². The maximum absolute atomic E-state index is 3.96. The minimum absolute atomic E-state index is 0.777. The Kier molecular flexibility index (Phi) is 12.8. The lowest BCUT2D eigenvalue weighted by Gasteiger charge is -2.08. The number of nitrogens with one attached hydrogen (secondary N) is 2. The predicted molar refractivity (Wildman–Crippen MR) is 90.7 cm³/mol. The summed E-state index contributed by atoms with van der Waals surface area (Å²) in [6.45, 7) is 14.7. The number of hydrogen-bond acceptors (Lipinski definition) is 3. The van der Waals surface area contributed by atoms with Crippen LogP contribution in [0.1, 0.15) is 20.3 Å². The lowest BCUT2D eigenvalue weighted by molar-refractivity contribution is 0.804. The molecule has 0 radical (unpaired) electrons. The van der Waals surface area contributed by atoms with E-state index < -0.39 is 0 Å². The van der Waals surface area contributed by atoms with Gasteiger partial charge in [-0.3, -0.25) is 0 Å². The van der Waals surface area contributed by atoms with Gasteiger partial charge in [-0.15, -0.1) is 6.58 Å². The largest absolute Gasteiger partial charge is 0.382 e. The molecule has 0 aromatic rings. The van der Waals surface area contributed by atoms with Crippen LogP contribution in [0, 0.1) is 0 Å². The van der Waals surface area contributed by atoms with Crippen molar-refractivity contribution in [3.63, 3.8) is 0 Å². The van der Waals surface area contributed by atoms with E-state index in [0.717, 1.165) is 37.3 Å².